The Morgan fingerprint density at radius 2 is 1.21 bits per heavy atom. The monoisotopic (exact) mass is 272 g/mol. The number of nitrogens with zero attached hydrogens (tertiary/aromatic N) is 2. The first-order chi connectivity index (χ1) is 8.57. The lowest BCUT2D eigenvalue weighted by molar-refractivity contribution is -0.130. The number of carbonyl (C=O) groups is 2. The van der Waals surface area contributed by atoms with E-state index in [1.165, 1.54) is 0 Å². The average Bonchev–Trinajstić information content (AvgIpc) is 2.25. The summed E-state index contributed by atoms with van der Waals surface area (Å²) in [6.45, 7) is 8.34. The molecule has 0 N–H and O–H groups in total. The average molecular weight is 272 g/mol. The van der Waals surface area contributed by atoms with Gasteiger partial charge in [-0.2, -0.15) is 0 Å². The van der Waals surface area contributed by atoms with E-state index in [1.807, 2.05) is 13.8 Å². The first-order valence-corrected chi connectivity index (χ1v) is 6.98. The molecule has 0 heterocycles. The molecule has 0 aliphatic carbocycles. The van der Waals surface area contributed by atoms with Gasteiger partial charge in [0.25, 0.3) is 0 Å². The third-order valence-electron chi connectivity index (χ3n) is 2.52. The van der Waals surface area contributed by atoms with E-state index in [2.05, 4.69) is 13.8 Å². The van der Waals surface area contributed by atoms with Crippen LogP contribution in [0, 0.1) is 11.8 Å². The Bertz CT molecular complexity index is 259. The largest absolute Gasteiger partial charge is 0.349 e. The van der Waals surface area contributed by atoms with Crippen LogP contribution in [-0.4, -0.2) is 49.8 Å². The lowest BCUT2D eigenvalue weighted by Gasteiger charge is -2.10. The second-order valence-corrected chi connectivity index (χ2v) is 6.11. The highest BCUT2D eigenvalue weighted by molar-refractivity contribution is 5.75. The molecule has 0 radical (unpaired) electrons. The van der Waals surface area contributed by atoms with Crippen LogP contribution in [0.4, 0.5) is 0 Å². The molecular formula is C15H32N2O2. The van der Waals surface area contributed by atoms with E-state index >= 15 is 0 Å². The predicted molar refractivity (Wildman–Crippen MR) is 80.9 cm³/mol. The molecule has 0 aliphatic rings. The fraction of sp³-hybridized carbons (Fsp3) is 0.867. The molecule has 0 rings (SSSR count). The smallest absolute Gasteiger partial charge is 0.222 e. The fourth-order valence-electron chi connectivity index (χ4n) is 1.17. The van der Waals surface area contributed by atoms with Gasteiger partial charge in [0.05, 0.1) is 0 Å². The van der Waals surface area contributed by atoms with Gasteiger partial charge in [0.1, 0.15) is 0 Å². The maximum absolute atomic E-state index is 11.0. The van der Waals surface area contributed by atoms with Crippen LogP contribution in [0.5, 0.6) is 0 Å². The van der Waals surface area contributed by atoms with Crippen molar-refractivity contribution in [3.63, 3.8) is 0 Å². The van der Waals surface area contributed by atoms with Crippen molar-refractivity contribution in [2.24, 2.45) is 11.8 Å². The lowest BCUT2D eigenvalue weighted by Crippen LogP contribution is -2.22. The quantitative estimate of drug-likeness (QED) is 0.772. The molecule has 0 aromatic heterocycles. The number of amides is 2. The Kier molecular flexibility index (Phi) is 11.5. The van der Waals surface area contributed by atoms with Crippen LogP contribution in [0.15, 0.2) is 0 Å². The Morgan fingerprint density at radius 1 is 0.789 bits per heavy atom. The van der Waals surface area contributed by atoms with Crippen LogP contribution >= 0.6 is 0 Å². The first-order valence-electron chi connectivity index (χ1n) is 6.98. The highest BCUT2D eigenvalue weighted by Gasteiger charge is 2.05. The molecule has 0 saturated carbocycles. The molecule has 0 aliphatic heterocycles. The second-order valence-electron chi connectivity index (χ2n) is 6.11. The van der Waals surface area contributed by atoms with Crippen LogP contribution in [0.1, 0.15) is 47.0 Å². The van der Waals surface area contributed by atoms with E-state index in [1.54, 1.807) is 38.0 Å². The van der Waals surface area contributed by atoms with Gasteiger partial charge in [-0.15, -0.1) is 0 Å². The molecule has 0 aromatic rings. The Morgan fingerprint density at radius 3 is 1.42 bits per heavy atom. The van der Waals surface area contributed by atoms with Crippen molar-refractivity contribution in [3.05, 3.63) is 0 Å². The predicted octanol–water partition coefficient (Wildman–Crippen LogP) is 2.63. The van der Waals surface area contributed by atoms with Crippen molar-refractivity contribution in [2.75, 3.05) is 28.2 Å². The lowest BCUT2D eigenvalue weighted by atomic mass is 10.1. The molecule has 0 saturated heterocycles. The van der Waals surface area contributed by atoms with Gasteiger partial charge in [-0.1, -0.05) is 27.7 Å². The van der Waals surface area contributed by atoms with Gasteiger partial charge in [-0.25, -0.2) is 0 Å². The summed E-state index contributed by atoms with van der Waals surface area (Å²) < 4.78 is 0. The normalized spacial score (nSPS) is 10.0. The SMILES string of the molecule is CC(C)CC(=O)N(C)C.CC(C)CCC(=O)N(C)C. The molecule has 0 fully saturated rings. The topological polar surface area (TPSA) is 40.6 Å². The van der Waals surface area contributed by atoms with Crippen molar-refractivity contribution in [3.8, 4) is 0 Å². The van der Waals surface area contributed by atoms with Crippen LogP contribution in [-0.2, 0) is 9.59 Å². The van der Waals surface area contributed by atoms with Crippen molar-refractivity contribution in [1.29, 1.82) is 0 Å². The summed E-state index contributed by atoms with van der Waals surface area (Å²) in [6.07, 6.45) is 2.34. The molecule has 114 valence electrons. The second kappa shape index (κ2) is 10.8. The number of hydrogen-bond donors (Lipinski definition) is 0. The number of hydrogen-bond acceptors (Lipinski definition) is 2. The highest BCUT2D eigenvalue weighted by atomic mass is 16.2. The van der Waals surface area contributed by atoms with Crippen molar-refractivity contribution >= 4 is 11.8 Å². The molecule has 0 unspecified atom stereocenters. The molecule has 0 bridgehead atoms. The zero-order valence-electron chi connectivity index (χ0n) is 14.0. The number of rotatable bonds is 5. The summed E-state index contributed by atoms with van der Waals surface area (Å²) in [5.74, 6) is 1.54. The molecule has 2 amide bonds. The molecule has 4 nitrogen and oxygen atoms in total. The van der Waals surface area contributed by atoms with E-state index < -0.39 is 0 Å². The van der Waals surface area contributed by atoms with Crippen LogP contribution in [0.25, 0.3) is 0 Å². The van der Waals surface area contributed by atoms with Gasteiger partial charge in [-0.05, 0) is 18.3 Å². The van der Waals surface area contributed by atoms with E-state index in [0.717, 1.165) is 6.42 Å². The molecule has 19 heavy (non-hydrogen) atoms. The standard InChI is InChI=1S/C8H17NO.C7H15NO/c1-7(2)5-6-8(10)9(3)4;1-6(2)5-7(9)8(3)4/h7H,5-6H2,1-4H3;6H,5H2,1-4H3. The summed E-state index contributed by atoms with van der Waals surface area (Å²) in [5.41, 5.74) is 0. The maximum atomic E-state index is 11.0. The number of carbonyl (C=O) groups excluding carboxylic acids is 2. The highest BCUT2D eigenvalue weighted by Crippen LogP contribution is 2.04. The van der Waals surface area contributed by atoms with E-state index in [0.29, 0.717) is 24.7 Å². The van der Waals surface area contributed by atoms with E-state index in [4.69, 9.17) is 0 Å². The zero-order valence-corrected chi connectivity index (χ0v) is 14.0. The van der Waals surface area contributed by atoms with Crippen LogP contribution in [0.2, 0.25) is 0 Å². The maximum Gasteiger partial charge on any atom is 0.222 e. The summed E-state index contributed by atoms with van der Waals surface area (Å²) in [7, 11) is 7.15. The summed E-state index contributed by atoms with van der Waals surface area (Å²) in [6, 6.07) is 0. The molecule has 0 atom stereocenters. The Hall–Kier alpha value is -1.06. The van der Waals surface area contributed by atoms with Crippen LogP contribution in [0.3, 0.4) is 0 Å². The van der Waals surface area contributed by atoms with Crippen LogP contribution < -0.4 is 0 Å². The minimum atomic E-state index is 0.213. The summed E-state index contributed by atoms with van der Waals surface area (Å²) in [4.78, 5) is 25.1. The van der Waals surface area contributed by atoms with Gasteiger partial charge in [0.2, 0.25) is 11.8 Å². The third-order valence-corrected chi connectivity index (χ3v) is 2.52. The van der Waals surface area contributed by atoms with Gasteiger partial charge in [0.15, 0.2) is 0 Å². The van der Waals surface area contributed by atoms with Gasteiger partial charge in [-0.3, -0.25) is 9.59 Å². The van der Waals surface area contributed by atoms with Gasteiger partial charge in [0, 0.05) is 41.0 Å². The Labute approximate surface area is 119 Å². The third kappa shape index (κ3) is 14.9. The van der Waals surface area contributed by atoms with E-state index in [-0.39, 0.29) is 11.8 Å². The summed E-state index contributed by atoms with van der Waals surface area (Å²) in [5, 5.41) is 0. The van der Waals surface area contributed by atoms with E-state index in [9.17, 15) is 9.59 Å². The minimum Gasteiger partial charge on any atom is -0.349 e. The van der Waals surface area contributed by atoms with Crippen molar-refractivity contribution in [2.45, 2.75) is 47.0 Å². The van der Waals surface area contributed by atoms with Crippen molar-refractivity contribution in [1.82, 2.24) is 9.80 Å². The molecule has 0 aromatic carbocycles. The summed E-state index contributed by atoms with van der Waals surface area (Å²) >= 11 is 0. The first kappa shape index (κ1) is 20.3. The molecule has 4 heteroatoms. The Balaban J connectivity index is 0. The molecular weight excluding hydrogens is 240 g/mol. The molecule has 0 spiro atoms. The minimum absolute atomic E-state index is 0.213. The zero-order chi connectivity index (χ0) is 15.6. The fourth-order valence-corrected chi connectivity index (χ4v) is 1.17. The van der Waals surface area contributed by atoms with Gasteiger partial charge >= 0.3 is 0 Å². The van der Waals surface area contributed by atoms with Crippen molar-refractivity contribution < 1.29 is 9.59 Å². The van der Waals surface area contributed by atoms with Gasteiger partial charge < -0.3 is 9.80 Å².